The number of hydrogen-bond donors (Lipinski definition) is 1. The van der Waals surface area contributed by atoms with Gasteiger partial charge in [0.15, 0.2) is 10.8 Å². The smallest absolute Gasteiger partial charge is 0.298 e. The van der Waals surface area contributed by atoms with Gasteiger partial charge in [0.2, 0.25) is 0 Å². The van der Waals surface area contributed by atoms with E-state index in [0.29, 0.717) is 34.9 Å². The van der Waals surface area contributed by atoms with Crippen molar-refractivity contribution >= 4 is 32.6 Å². The largest absolute Gasteiger partial charge is 0.435 e. The maximum Gasteiger partial charge on any atom is 0.435 e. The molecule has 2 aromatic carbocycles. The van der Waals surface area contributed by atoms with Crippen molar-refractivity contribution in [2.45, 2.75) is 31.9 Å². The minimum atomic E-state index is -4.48. The molecule has 0 saturated heterocycles. The molecular weight excluding hydrogens is 425 g/mol. The first kappa shape index (κ1) is 19.7. The summed E-state index contributed by atoms with van der Waals surface area (Å²) >= 11 is 1.38. The van der Waals surface area contributed by atoms with Crippen LogP contribution in [-0.4, -0.2) is 20.7 Å². The van der Waals surface area contributed by atoms with Crippen molar-refractivity contribution < 1.29 is 18.0 Å². The summed E-state index contributed by atoms with van der Waals surface area (Å²) in [6.45, 7) is 0. The number of nitrogens with zero attached hydrogens (tertiary/aromatic N) is 3. The van der Waals surface area contributed by atoms with Crippen molar-refractivity contribution in [1.29, 1.82) is 0 Å². The Morgan fingerprint density at radius 3 is 2.52 bits per heavy atom. The zero-order valence-corrected chi connectivity index (χ0v) is 17.1. The van der Waals surface area contributed by atoms with Crippen LogP contribution in [0.25, 0.3) is 15.9 Å². The number of carbonyl (C=O) groups excluding carboxylic acids is 1. The molecule has 158 valence electrons. The highest BCUT2D eigenvalue weighted by molar-refractivity contribution is 7.22. The molecule has 5 rings (SSSR count). The van der Waals surface area contributed by atoms with Crippen LogP contribution in [0.3, 0.4) is 0 Å². The molecule has 1 aliphatic carbocycles. The molecule has 0 saturated carbocycles. The van der Waals surface area contributed by atoms with Crippen LogP contribution in [0.1, 0.15) is 40.2 Å². The van der Waals surface area contributed by atoms with Crippen LogP contribution in [-0.2, 0) is 19.0 Å². The summed E-state index contributed by atoms with van der Waals surface area (Å²) in [7, 11) is 0. The average Bonchev–Trinajstić information content (AvgIpc) is 3.35. The SMILES string of the molecule is O=C(Nc1nc2ccccc2s1)c1ccc(-n2nc(C(F)(F)F)c3c2CCCC3)cc1. The van der Waals surface area contributed by atoms with E-state index in [2.05, 4.69) is 15.4 Å². The highest BCUT2D eigenvalue weighted by Crippen LogP contribution is 2.36. The maximum atomic E-state index is 13.4. The summed E-state index contributed by atoms with van der Waals surface area (Å²) in [6, 6.07) is 14.0. The number of halogens is 3. The second kappa shape index (κ2) is 7.49. The summed E-state index contributed by atoms with van der Waals surface area (Å²) in [5.74, 6) is -0.330. The highest BCUT2D eigenvalue weighted by atomic mass is 32.1. The second-order valence-corrected chi connectivity index (χ2v) is 8.41. The standard InChI is InChI=1S/C22H17F3N4OS/c23-22(24,25)19-15-5-1-3-7-17(15)29(28-19)14-11-9-13(10-12-14)20(30)27-21-26-16-6-2-4-8-18(16)31-21/h2,4,6,8-12H,1,3,5,7H2,(H,26,27,30). The summed E-state index contributed by atoms with van der Waals surface area (Å²) in [5, 5.41) is 7.15. The Morgan fingerprint density at radius 2 is 1.77 bits per heavy atom. The number of amides is 1. The van der Waals surface area contributed by atoms with Gasteiger partial charge in [0.05, 0.1) is 15.9 Å². The van der Waals surface area contributed by atoms with Crippen molar-refractivity contribution in [3.05, 3.63) is 71.0 Å². The van der Waals surface area contributed by atoms with Gasteiger partial charge < -0.3 is 0 Å². The molecule has 0 atom stereocenters. The third kappa shape index (κ3) is 3.69. The van der Waals surface area contributed by atoms with Gasteiger partial charge in [-0.05, 0) is 62.1 Å². The molecule has 0 spiro atoms. The van der Waals surface area contributed by atoms with E-state index in [1.165, 1.54) is 16.0 Å². The molecule has 1 amide bonds. The Labute approximate surface area is 179 Å². The highest BCUT2D eigenvalue weighted by Gasteiger charge is 2.39. The van der Waals surface area contributed by atoms with Crippen LogP contribution in [0.5, 0.6) is 0 Å². The number of hydrogen-bond acceptors (Lipinski definition) is 4. The molecular formula is C22H17F3N4OS. The Morgan fingerprint density at radius 1 is 1.03 bits per heavy atom. The van der Waals surface area contributed by atoms with Crippen LogP contribution >= 0.6 is 11.3 Å². The molecule has 0 radical (unpaired) electrons. The zero-order chi connectivity index (χ0) is 21.6. The fourth-order valence-corrected chi connectivity index (χ4v) is 4.75. The van der Waals surface area contributed by atoms with Gasteiger partial charge in [0.25, 0.3) is 5.91 Å². The molecule has 4 aromatic rings. The van der Waals surface area contributed by atoms with Crippen LogP contribution < -0.4 is 5.32 Å². The molecule has 2 heterocycles. The Hall–Kier alpha value is -3.20. The van der Waals surface area contributed by atoms with E-state index in [9.17, 15) is 18.0 Å². The van der Waals surface area contributed by atoms with Crippen LogP contribution in [0.2, 0.25) is 0 Å². The lowest BCUT2D eigenvalue weighted by atomic mass is 9.95. The van der Waals surface area contributed by atoms with Gasteiger partial charge >= 0.3 is 6.18 Å². The van der Waals surface area contributed by atoms with Gasteiger partial charge in [-0.1, -0.05) is 23.5 Å². The van der Waals surface area contributed by atoms with Gasteiger partial charge in [-0.25, -0.2) is 9.67 Å². The molecule has 1 aliphatic rings. The number of alkyl halides is 3. The van der Waals surface area contributed by atoms with Gasteiger partial charge in [-0.2, -0.15) is 18.3 Å². The number of aromatic nitrogens is 3. The van der Waals surface area contributed by atoms with E-state index in [1.54, 1.807) is 24.3 Å². The first-order valence-electron chi connectivity index (χ1n) is 9.85. The lowest BCUT2D eigenvalue weighted by Crippen LogP contribution is -2.12. The van der Waals surface area contributed by atoms with E-state index in [1.807, 2.05) is 24.3 Å². The topological polar surface area (TPSA) is 59.8 Å². The molecule has 2 aromatic heterocycles. The zero-order valence-electron chi connectivity index (χ0n) is 16.2. The molecule has 0 unspecified atom stereocenters. The number of benzene rings is 2. The normalized spacial score (nSPS) is 13.9. The molecule has 31 heavy (non-hydrogen) atoms. The summed E-state index contributed by atoms with van der Waals surface area (Å²) in [6.07, 6.45) is -1.99. The Balaban J connectivity index is 1.41. The minimum Gasteiger partial charge on any atom is -0.298 e. The van der Waals surface area contributed by atoms with E-state index in [0.717, 1.165) is 23.1 Å². The van der Waals surface area contributed by atoms with Crippen LogP contribution in [0.4, 0.5) is 18.3 Å². The van der Waals surface area contributed by atoms with Crippen molar-refractivity contribution in [2.24, 2.45) is 0 Å². The van der Waals surface area contributed by atoms with E-state index >= 15 is 0 Å². The van der Waals surface area contributed by atoms with E-state index < -0.39 is 11.9 Å². The van der Waals surface area contributed by atoms with E-state index in [4.69, 9.17) is 0 Å². The fourth-order valence-electron chi connectivity index (χ4n) is 3.89. The molecule has 1 N–H and O–H groups in total. The van der Waals surface area contributed by atoms with Crippen molar-refractivity contribution in [3.8, 4) is 5.69 Å². The number of carbonyl (C=O) groups is 1. The predicted octanol–water partition coefficient (Wildman–Crippen LogP) is 5.63. The Kier molecular flexibility index (Phi) is 4.77. The second-order valence-electron chi connectivity index (χ2n) is 7.38. The third-order valence-corrected chi connectivity index (χ3v) is 6.29. The first-order chi connectivity index (χ1) is 14.9. The number of thiazole rings is 1. The van der Waals surface area contributed by atoms with Crippen molar-refractivity contribution in [3.63, 3.8) is 0 Å². The van der Waals surface area contributed by atoms with Crippen LogP contribution in [0.15, 0.2) is 48.5 Å². The fraction of sp³-hybridized carbons (Fsp3) is 0.227. The van der Waals surface area contributed by atoms with E-state index in [-0.39, 0.29) is 11.5 Å². The van der Waals surface area contributed by atoms with Crippen molar-refractivity contribution in [2.75, 3.05) is 5.32 Å². The molecule has 0 aliphatic heterocycles. The van der Waals surface area contributed by atoms with Gasteiger partial charge in [0, 0.05) is 16.8 Å². The molecule has 0 bridgehead atoms. The number of rotatable bonds is 3. The first-order valence-corrected chi connectivity index (χ1v) is 10.7. The van der Waals surface area contributed by atoms with Gasteiger partial charge in [0.1, 0.15) is 0 Å². The summed E-state index contributed by atoms with van der Waals surface area (Å²) < 4.78 is 42.6. The number of para-hydroxylation sites is 1. The molecule has 0 fully saturated rings. The van der Waals surface area contributed by atoms with Gasteiger partial charge in [-0.15, -0.1) is 0 Å². The molecule has 5 nitrogen and oxygen atoms in total. The lowest BCUT2D eigenvalue weighted by molar-refractivity contribution is -0.142. The summed E-state index contributed by atoms with van der Waals surface area (Å²) in [4.78, 5) is 17.0. The maximum absolute atomic E-state index is 13.4. The van der Waals surface area contributed by atoms with Gasteiger partial charge in [-0.3, -0.25) is 10.1 Å². The van der Waals surface area contributed by atoms with Crippen LogP contribution in [0, 0.1) is 0 Å². The number of anilines is 1. The molecule has 9 heteroatoms. The third-order valence-electron chi connectivity index (χ3n) is 5.34. The average molecular weight is 442 g/mol. The Bertz CT molecular complexity index is 1240. The lowest BCUT2D eigenvalue weighted by Gasteiger charge is -2.14. The van der Waals surface area contributed by atoms with Crippen molar-refractivity contribution in [1.82, 2.24) is 14.8 Å². The number of nitrogens with one attached hydrogen (secondary N) is 1. The number of fused-ring (bicyclic) bond motifs is 2. The minimum absolute atomic E-state index is 0.288. The monoisotopic (exact) mass is 442 g/mol. The summed E-state index contributed by atoms with van der Waals surface area (Å²) in [5.41, 5.74) is 1.79. The predicted molar refractivity (Wildman–Crippen MR) is 113 cm³/mol. The quantitative estimate of drug-likeness (QED) is 0.447.